The second kappa shape index (κ2) is 4.97. The SMILES string of the molecule is COC(=O)C(C)(C)CN[C@@H]1CC[C@H](C)C1. The van der Waals surface area contributed by atoms with Crippen LogP contribution in [-0.4, -0.2) is 25.7 Å². The van der Waals surface area contributed by atoms with Gasteiger partial charge in [-0.2, -0.15) is 0 Å². The van der Waals surface area contributed by atoms with Gasteiger partial charge in [-0.3, -0.25) is 4.79 Å². The van der Waals surface area contributed by atoms with E-state index in [4.69, 9.17) is 4.74 Å². The molecule has 1 aliphatic carbocycles. The Morgan fingerprint density at radius 1 is 1.47 bits per heavy atom. The molecule has 0 amide bonds. The molecular weight excluding hydrogens is 190 g/mol. The minimum absolute atomic E-state index is 0.138. The first-order chi connectivity index (χ1) is 6.95. The molecule has 88 valence electrons. The van der Waals surface area contributed by atoms with Gasteiger partial charge in [0.15, 0.2) is 0 Å². The van der Waals surface area contributed by atoms with Gasteiger partial charge in [-0.15, -0.1) is 0 Å². The molecule has 0 saturated heterocycles. The third kappa shape index (κ3) is 3.49. The Hall–Kier alpha value is -0.570. The number of nitrogens with one attached hydrogen (secondary N) is 1. The molecular formula is C12H23NO2. The Bertz CT molecular complexity index is 226. The molecule has 1 saturated carbocycles. The second-order valence-corrected chi connectivity index (χ2v) is 5.37. The Morgan fingerprint density at radius 3 is 2.60 bits per heavy atom. The lowest BCUT2D eigenvalue weighted by Gasteiger charge is -2.24. The van der Waals surface area contributed by atoms with Crippen LogP contribution in [0.3, 0.4) is 0 Å². The molecule has 1 aliphatic rings. The van der Waals surface area contributed by atoms with Crippen LogP contribution in [0.1, 0.15) is 40.0 Å². The van der Waals surface area contributed by atoms with Gasteiger partial charge in [0.1, 0.15) is 0 Å². The summed E-state index contributed by atoms with van der Waals surface area (Å²) in [4.78, 5) is 11.4. The molecule has 0 aromatic heterocycles. The average Bonchev–Trinajstić information content (AvgIpc) is 2.60. The van der Waals surface area contributed by atoms with Gasteiger partial charge >= 0.3 is 5.97 Å². The molecule has 0 aliphatic heterocycles. The van der Waals surface area contributed by atoms with Crippen molar-refractivity contribution < 1.29 is 9.53 Å². The zero-order valence-electron chi connectivity index (χ0n) is 10.3. The largest absolute Gasteiger partial charge is 0.469 e. The zero-order chi connectivity index (χ0) is 11.5. The van der Waals surface area contributed by atoms with Crippen LogP contribution in [-0.2, 0) is 9.53 Å². The summed E-state index contributed by atoms with van der Waals surface area (Å²) in [5.74, 6) is 0.685. The van der Waals surface area contributed by atoms with Crippen molar-refractivity contribution in [3.63, 3.8) is 0 Å². The highest BCUT2D eigenvalue weighted by molar-refractivity contribution is 5.76. The highest BCUT2D eigenvalue weighted by Crippen LogP contribution is 2.25. The molecule has 1 rings (SSSR count). The number of esters is 1. The first-order valence-corrected chi connectivity index (χ1v) is 5.77. The molecule has 0 radical (unpaired) electrons. The Balaban J connectivity index is 2.32. The maximum atomic E-state index is 11.4. The Kier molecular flexibility index (Phi) is 4.14. The quantitative estimate of drug-likeness (QED) is 0.726. The average molecular weight is 213 g/mol. The maximum Gasteiger partial charge on any atom is 0.312 e. The Labute approximate surface area is 92.6 Å². The lowest BCUT2D eigenvalue weighted by molar-refractivity contribution is -0.150. The minimum Gasteiger partial charge on any atom is -0.469 e. The van der Waals surface area contributed by atoms with Crippen LogP contribution in [0.25, 0.3) is 0 Å². The van der Waals surface area contributed by atoms with E-state index in [0.29, 0.717) is 12.6 Å². The number of methoxy groups -OCH3 is 1. The number of carbonyl (C=O) groups is 1. The van der Waals surface area contributed by atoms with Crippen molar-refractivity contribution in [1.29, 1.82) is 0 Å². The fourth-order valence-electron chi connectivity index (χ4n) is 2.14. The standard InChI is InChI=1S/C12H23NO2/c1-9-5-6-10(7-9)13-8-12(2,3)11(14)15-4/h9-10,13H,5-8H2,1-4H3/t9-,10+/m0/s1. The van der Waals surface area contributed by atoms with Crippen molar-refractivity contribution >= 4 is 5.97 Å². The summed E-state index contributed by atoms with van der Waals surface area (Å²) < 4.78 is 4.77. The molecule has 15 heavy (non-hydrogen) atoms. The van der Waals surface area contributed by atoms with E-state index in [-0.39, 0.29) is 5.97 Å². The van der Waals surface area contributed by atoms with Crippen molar-refractivity contribution in [3.8, 4) is 0 Å². The number of hydrogen-bond donors (Lipinski definition) is 1. The van der Waals surface area contributed by atoms with E-state index in [1.54, 1.807) is 0 Å². The summed E-state index contributed by atoms with van der Waals surface area (Å²) in [6.45, 7) is 6.83. The molecule has 3 heteroatoms. The van der Waals surface area contributed by atoms with Crippen LogP contribution in [0, 0.1) is 11.3 Å². The number of rotatable bonds is 4. The molecule has 0 unspecified atom stereocenters. The lowest BCUT2D eigenvalue weighted by Crippen LogP contribution is -2.40. The van der Waals surface area contributed by atoms with Gasteiger partial charge in [0, 0.05) is 12.6 Å². The normalized spacial score (nSPS) is 26.7. The van der Waals surface area contributed by atoms with Crippen molar-refractivity contribution in [2.75, 3.05) is 13.7 Å². The van der Waals surface area contributed by atoms with Gasteiger partial charge in [-0.05, 0) is 39.0 Å². The van der Waals surface area contributed by atoms with E-state index in [0.717, 1.165) is 5.92 Å². The fraction of sp³-hybridized carbons (Fsp3) is 0.917. The van der Waals surface area contributed by atoms with Gasteiger partial charge in [0.05, 0.1) is 12.5 Å². The summed E-state index contributed by atoms with van der Waals surface area (Å²) in [5, 5.41) is 3.47. The minimum atomic E-state index is -0.416. The Morgan fingerprint density at radius 2 is 2.13 bits per heavy atom. The molecule has 0 bridgehead atoms. The van der Waals surface area contributed by atoms with Gasteiger partial charge in [0.2, 0.25) is 0 Å². The molecule has 0 spiro atoms. The highest BCUT2D eigenvalue weighted by atomic mass is 16.5. The van der Waals surface area contributed by atoms with E-state index >= 15 is 0 Å². The summed E-state index contributed by atoms with van der Waals surface area (Å²) in [6, 6.07) is 0.587. The van der Waals surface area contributed by atoms with Crippen molar-refractivity contribution in [1.82, 2.24) is 5.32 Å². The van der Waals surface area contributed by atoms with Crippen LogP contribution in [0.2, 0.25) is 0 Å². The van der Waals surface area contributed by atoms with Crippen LogP contribution >= 0.6 is 0 Å². The molecule has 3 nitrogen and oxygen atoms in total. The summed E-state index contributed by atoms with van der Waals surface area (Å²) >= 11 is 0. The molecule has 0 aromatic carbocycles. The summed E-state index contributed by atoms with van der Waals surface area (Å²) in [7, 11) is 1.45. The number of carbonyl (C=O) groups excluding carboxylic acids is 1. The monoisotopic (exact) mass is 213 g/mol. The van der Waals surface area contributed by atoms with Crippen LogP contribution in [0.15, 0.2) is 0 Å². The topological polar surface area (TPSA) is 38.3 Å². The molecule has 0 heterocycles. The molecule has 1 fully saturated rings. The van der Waals surface area contributed by atoms with E-state index in [1.807, 2.05) is 13.8 Å². The van der Waals surface area contributed by atoms with Crippen LogP contribution < -0.4 is 5.32 Å². The van der Waals surface area contributed by atoms with Crippen molar-refractivity contribution in [2.24, 2.45) is 11.3 Å². The predicted octanol–water partition coefficient (Wildman–Crippen LogP) is 1.96. The predicted molar refractivity (Wildman–Crippen MR) is 60.6 cm³/mol. The third-order valence-electron chi connectivity index (χ3n) is 3.27. The van der Waals surface area contributed by atoms with Gasteiger partial charge in [-0.1, -0.05) is 6.92 Å². The van der Waals surface area contributed by atoms with Gasteiger partial charge in [0.25, 0.3) is 0 Å². The number of hydrogen-bond acceptors (Lipinski definition) is 3. The second-order valence-electron chi connectivity index (χ2n) is 5.37. The molecule has 1 N–H and O–H groups in total. The first-order valence-electron chi connectivity index (χ1n) is 5.77. The van der Waals surface area contributed by atoms with Gasteiger partial charge in [-0.25, -0.2) is 0 Å². The van der Waals surface area contributed by atoms with E-state index in [2.05, 4.69) is 12.2 Å². The fourth-order valence-corrected chi connectivity index (χ4v) is 2.14. The van der Waals surface area contributed by atoms with Crippen molar-refractivity contribution in [3.05, 3.63) is 0 Å². The van der Waals surface area contributed by atoms with Crippen LogP contribution in [0.5, 0.6) is 0 Å². The molecule has 2 atom stereocenters. The first kappa shape index (κ1) is 12.5. The van der Waals surface area contributed by atoms with Gasteiger partial charge < -0.3 is 10.1 Å². The lowest BCUT2D eigenvalue weighted by atomic mass is 9.93. The number of ether oxygens (including phenoxy) is 1. The van der Waals surface area contributed by atoms with Crippen LogP contribution in [0.4, 0.5) is 0 Å². The summed E-state index contributed by atoms with van der Waals surface area (Å²) in [6.07, 6.45) is 3.77. The third-order valence-corrected chi connectivity index (χ3v) is 3.27. The van der Waals surface area contributed by atoms with Crippen molar-refractivity contribution in [2.45, 2.75) is 46.1 Å². The van der Waals surface area contributed by atoms with E-state index in [1.165, 1.54) is 26.4 Å². The molecule has 0 aromatic rings. The summed E-state index contributed by atoms with van der Waals surface area (Å²) in [5.41, 5.74) is -0.416. The smallest absolute Gasteiger partial charge is 0.312 e. The zero-order valence-corrected chi connectivity index (χ0v) is 10.3. The van der Waals surface area contributed by atoms with E-state index in [9.17, 15) is 4.79 Å². The van der Waals surface area contributed by atoms with E-state index < -0.39 is 5.41 Å². The highest BCUT2D eigenvalue weighted by Gasteiger charge is 2.30. The maximum absolute atomic E-state index is 11.4.